The molecule has 4 aliphatic heterocycles. The van der Waals surface area contributed by atoms with Crippen molar-refractivity contribution in [2.75, 3.05) is 0 Å². The molecular formula is C32H38N2O4. The Hall–Kier alpha value is -2.96. The first-order valence-corrected chi connectivity index (χ1v) is 14.3. The molecule has 200 valence electrons. The van der Waals surface area contributed by atoms with Crippen LogP contribution in [0.15, 0.2) is 66.7 Å². The summed E-state index contributed by atoms with van der Waals surface area (Å²) >= 11 is 0. The molecule has 5 atom stereocenters. The lowest BCUT2D eigenvalue weighted by Gasteiger charge is -2.43. The van der Waals surface area contributed by atoms with Crippen LogP contribution >= 0.6 is 0 Å². The average molecular weight is 515 g/mol. The summed E-state index contributed by atoms with van der Waals surface area (Å²) in [6.45, 7) is 0. The van der Waals surface area contributed by atoms with Crippen molar-refractivity contribution < 1.29 is 19.1 Å². The van der Waals surface area contributed by atoms with Crippen LogP contribution in [0.3, 0.4) is 0 Å². The van der Waals surface area contributed by atoms with Gasteiger partial charge in [-0.15, -0.1) is 0 Å². The molecule has 1 N–H and O–H groups in total. The maximum absolute atomic E-state index is 13.3. The lowest BCUT2D eigenvalue weighted by atomic mass is 9.93. The van der Waals surface area contributed by atoms with E-state index in [9.17, 15) is 9.59 Å². The molecule has 0 radical (unpaired) electrons. The average Bonchev–Trinajstić information content (AvgIpc) is 3.41. The second-order valence-corrected chi connectivity index (χ2v) is 11.5. The predicted molar refractivity (Wildman–Crippen MR) is 146 cm³/mol. The Morgan fingerprint density at radius 3 is 2.08 bits per heavy atom. The fourth-order valence-corrected chi connectivity index (χ4v) is 7.26. The number of fused-ring (bicyclic) bond motifs is 4. The molecule has 0 saturated carbocycles. The highest BCUT2D eigenvalue weighted by Gasteiger charge is 2.46. The van der Waals surface area contributed by atoms with Crippen molar-refractivity contribution in [1.29, 1.82) is 0 Å². The molecular weight excluding hydrogens is 476 g/mol. The molecule has 2 aromatic carbocycles. The Kier molecular flexibility index (Phi) is 7.61. The van der Waals surface area contributed by atoms with Gasteiger partial charge in [0.15, 0.2) is 0 Å². The third-order valence-electron chi connectivity index (χ3n) is 8.87. The van der Waals surface area contributed by atoms with Gasteiger partial charge in [0.05, 0.1) is 6.42 Å². The van der Waals surface area contributed by atoms with Gasteiger partial charge in [0, 0.05) is 49.1 Å². The zero-order chi connectivity index (χ0) is 25.9. The third-order valence-corrected chi connectivity index (χ3v) is 8.87. The molecule has 6 nitrogen and oxygen atoms in total. The highest BCUT2D eigenvalue weighted by Crippen LogP contribution is 2.44. The number of carbonyl (C=O) groups is 2. The highest BCUT2D eigenvalue weighted by atomic mass is 16.5. The van der Waals surface area contributed by atoms with E-state index < -0.39 is 0 Å². The maximum Gasteiger partial charge on any atom is 0.331 e. The van der Waals surface area contributed by atoms with Gasteiger partial charge in [-0.1, -0.05) is 60.7 Å². The normalized spacial score (nSPS) is 31.3. The first-order chi connectivity index (χ1) is 18.6. The van der Waals surface area contributed by atoms with E-state index in [1.807, 2.05) is 48.5 Å². The molecule has 6 heteroatoms. The number of esters is 2. The molecule has 4 heterocycles. The minimum absolute atomic E-state index is 0.0192. The Bertz CT molecular complexity index is 1110. The summed E-state index contributed by atoms with van der Waals surface area (Å²) in [7, 11) is 0. The number of hydrogen-bond acceptors (Lipinski definition) is 6. The molecule has 4 aliphatic rings. The molecule has 4 bridgehead atoms. The second-order valence-electron chi connectivity index (χ2n) is 11.5. The lowest BCUT2D eigenvalue weighted by molar-refractivity contribution is -0.153. The molecule has 4 fully saturated rings. The fourth-order valence-electron chi connectivity index (χ4n) is 7.26. The summed E-state index contributed by atoms with van der Waals surface area (Å²) in [5.41, 5.74) is 2.14. The van der Waals surface area contributed by atoms with Crippen LogP contribution < -0.4 is 5.32 Å². The van der Waals surface area contributed by atoms with Crippen LogP contribution in [0.4, 0.5) is 0 Å². The summed E-state index contributed by atoms with van der Waals surface area (Å²) in [5.74, 6) is -0.380. The zero-order valence-corrected chi connectivity index (χ0v) is 21.9. The van der Waals surface area contributed by atoms with Crippen LogP contribution in [0.5, 0.6) is 0 Å². The van der Waals surface area contributed by atoms with Crippen LogP contribution in [-0.2, 0) is 19.1 Å². The van der Waals surface area contributed by atoms with E-state index in [-0.39, 0.29) is 42.3 Å². The topological polar surface area (TPSA) is 67.9 Å². The number of nitrogens with one attached hydrogen (secondary N) is 1. The van der Waals surface area contributed by atoms with Gasteiger partial charge in [0.25, 0.3) is 0 Å². The minimum atomic E-state index is -0.286. The van der Waals surface area contributed by atoms with E-state index in [1.165, 1.54) is 18.9 Å². The minimum Gasteiger partial charge on any atom is -0.462 e. The highest BCUT2D eigenvalue weighted by molar-refractivity contribution is 5.87. The van der Waals surface area contributed by atoms with E-state index >= 15 is 0 Å². The van der Waals surface area contributed by atoms with E-state index in [0.29, 0.717) is 18.5 Å². The summed E-state index contributed by atoms with van der Waals surface area (Å²) in [4.78, 5) is 28.3. The van der Waals surface area contributed by atoms with Gasteiger partial charge in [-0.25, -0.2) is 4.79 Å². The second kappa shape index (κ2) is 11.4. The Labute approximate surface area is 225 Å². The van der Waals surface area contributed by atoms with Gasteiger partial charge in [0.1, 0.15) is 12.2 Å². The van der Waals surface area contributed by atoms with Crippen molar-refractivity contribution in [2.45, 2.75) is 100 Å². The summed E-state index contributed by atoms with van der Waals surface area (Å²) < 4.78 is 11.9. The van der Waals surface area contributed by atoms with Crippen molar-refractivity contribution in [3.05, 3.63) is 77.9 Å². The van der Waals surface area contributed by atoms with Crippen LogP contribution in [0, 0.1) is 0 Å². The van der Waals surface area contributed by atoms with E-state index in [2.05, 4.69) is 22.3 Å². The molecule has 0 spiro atoms. The van der Waals surface area contributed by atoms with Crippen LogP contribution in [0.1, 0.15) is 75.0 Å². The molecule has 0 aliphatic carbocycles. The van der Waals surface area contributed by atoms with E-state index in [0.717, 1.165) is 49.7 Å². The van der Waals surface area contributed by atoms with Crippen LogP contribution in [-0.4, -0.2) is 53.2 Å². The van der Waals surface area contributed by atoms with Gasteiger partial charge in [-0.05, 0) is 55.7 Å². The van der Waals surface area contributed by atoms with Crippen molar-refractivity contribution >= 4 is 18.0 Å². The number of hydrogen-bond donors (Lipinski definition) is 1. The number of ether oxygens (including phenoxy) is 2. The Balaban J connectivity index is 1.10. The summed E-state index contributed by atoms with van der Waals surface area (Å²) in [5, 5.41) is 3.63. The molecule has 38 heavy (non-hydrogen) atoms. The molecule has 6 rings (SSSR count). The summed E-state index contributed by atoms with van der Waals surface area (Å²) in [6, 6.07) is 21.7. The quantitative estimate of drug-likeness (QED) is 0.386. The molecule has 5 unspecified atom stereocenters. The van der Waals surface area contributed by atoms with E-state index in [1.54, 1.807) is 6.08 Å². The lowest BCUT2D eigenvalue weighted by Crippen LogP contribution is -2.48. The van der Waals surface area contributed by atoms with Crippen molar-refractivity contribution in [3.8, 4) is 0 Å². The first-order valence-electron chi connectivity index (χ1n) is 14.3. The van der Waals surface area contributed by atoms with Crippen molar-refractivity contribution in [2.24, 2.45) is 0 Å². The SMILES string of the molecule is O=C(/C=C/c1ccccc1)OC1CC2CCC(C1)N2C(CC(=O)OC1CC2CCC(C1)N2)c1ccccc1. The van der Waals surface area contributed by atoms with Crippen LogP contribution in [0.25, 0.3) is 6.08 Å². The monoisotopic (exact) mass is 514 g/mol. The fraction of sp³-hybridized carbons (Fsp3) is 0.500. The Morgan fingerprint density at radius 2 is 1.42 bits per heavy atom. The standard InChI is InChI=1S/C32H38N2O4/c35-31(16-11-22-7-3-1-4-8-22)37-29-19-26-14-15-27(20-29)34(26)30(23-9-5-2-6-10-23)21-32(36)38-28-17-24-12-13-25(18-28)33-24/h1-11,16,24-30,33H,12-15,17-21H2/b16-11+. The molecule has 2 aromatic rings. The van der Waals surface area contributed by atoms with Gasteiger partial charge in [-0.2, -0.15) is 0 Å². The van der Waals surface area contributed by atoms with Gasteiger partial charge < -0.3 is 14.8 Å². The number of nitrogens with zero attached hydrogens (tertiary/aromatic N) is 1. The molecule has 0 amide bonds. The number of carbonyl (C=O) groups excluding carboxylic acids is 2. The zero-order valence-electron chi connectivity index (χ0n) is 21.9. The first kappa shape index (κ1) is 25.3. The molecule has 0 aromatic heterocycles. The van der Waals surface area contributed by atoms with Crippen LogP contribution in [0.2, 0.25) is 0 Å². The number of benzene rings is 2. The van der Waals surface area contributed by atoms with E-state index in [4.69, 9.17) is 9.47 Å². The van der Waals surface area contributed by atoms with Gasteiger partial charge >= 0.3 is 11.9 Å². The number of rotatable bonds is 8. The Morgan fingerprint density at radius 1 is 0.816 bits per heavy atom. The van der Waals surface area contributed by atoms with Gasteiger partial charge in [0.2, 0.25) is 0 Å². The van der Waals surface area contributed by atoms with Crippen molar-refractivity contribution in [1.82, 2.24) is 10.2 Å². The smallest absolute Gasteiger partial charge is 0.331 e. The van der Waals surface area contributed by atoms with Gasteiger partial charge in [-0.3, -0.25) is 9.69 Å². The van der Waals surface area contributed by atoms with Crippen molar-refractivity contribution in [3.63, 3.8) is 0 Å². The number of piperidine rings is 2. The molecule has 4 saturated heterocycles. The third kappa shape index (κ3) is 5.87. The predicted octanol–water partition coefficient (Wildman–Crippen LogP) is 5.20. The maximum atomic E-state index is 13.3. The largest absolute Gasteiger partial charge is 0.462 e. The summed E-state index contributed by atoms with van der Waals surface area (Å²) in [6.07, 6.45) is 11.6.